The number of likely N-dealkylation sites (tertiary alicyclic amines) is 1. The predicted molar refractivity (Wildman–Crippen MR) is 73.9 cm³/mol. The zero-order valence-corrected chi connectivity index (χ0v) is 12.2. The molecule has 5 heteroatoms. The van der Waals surface area contributed by atoms with Crippen LogP contribution in [0.5, 0.6) is 0 Å². The van der Waals surface area contributed by atoms with Gasteiger partial charge in [-0.3, -0.25) is 4.90 Å². The summed E-state index contributed by atoms with van der Waals surface area (Å²) in [7, 11) is 4.03. The second-order valence-corrected chi connectivity index (χ2v) is 5.95. The molecule has 1 aliphatic heterocycles. The second-order valence-electron chi connectivity index (χ2n) is 5.95. The summed E-state index contributed by atoms with van der Waals surface area (Å²) >= 11 is 0. The van der Waals surface area contributed by atoms with Gasteiger partial charge in [-0.2, -0.15) is 0 Å². The lowest BCUT2D eigenvalue weighted by Gasteiger charge is -2.29. The number of aromatic nitrogens is 1. The largest absolute Gasteiger partial charge is 0.449 e. The Labute approximate surface area is 115 Å². The number of oxazole rings is 1. The van der Waals surface area contributed by atoms with Crippen molar-refractivity contribution >= 4 is 0 Å². The lowest BCUT2D eigenvalue weighted by Crippen LogP contribution is -2.40. The van der Waals surface area contributed by atoms with Crippen LogP contribution in [0.2, 0.25) is 0 Å². The third kappa shape index (κ3) is 4.30. The molecule has 1 aromatic rings. The standard InChI is InChI=1S/C14H25N3O2/c1-12-15-13(10-19-12)9-17-7-4-5-14(18,6-8-17)11-16(2)3/h10,18H,4-9,11H2,1-3H3. The van der Waals surface area contributed by atoms with E-state index in [-0.39, 0.29) is 0 Å². The van der Waals surface area contributed by atoms with Crippen LogP contribution in [0.3, 0.4) is 0 Å². The number of hydrogen-bond acceptors (Lipinski definition) is 5. The van der Waals surface area contributed by atoms with Crippen molar-refractivity contribution in [2.45, 2.75) is 38.3 Å². The van der Waals surface area contributed by atoms with E-state index in [0.717, 1.165) is 51.1 Å². The second kappa shape index (κ2) is 6.03. The van der Waals surface area contributed by atoms with Gasteiger partial charge in [-0.1, -0.05) is 0 Å². The molecule has 0 bridgehead atoms. The van der Waals surface area contributed by atoms with E-state index >= 15 is 0 Å². The molecule has 0 amide bonds. The van der Waals surface area contributed by atoms with Gasteiger partial charge < -0.3 is 14.4 Å². The molecule has 1 unspecified atom stereocenters. The average Bonchev–Trinajstić information content (AvgIpc) is 2.61. The minimum absolute atomic E-state index is 0.544. The molecule has 1 atom stereocenters. The third-order valence-corrected chi connectivity index (χ3v) is 3.67. The molecule has 1 fully saturated rings. The fourth-order valence-electron chi connectivity index (χ4n) is 2.85. The van der Waals surface area contributed by atoms with Gasteiger partial charge in [0.15, 0.2) is 5.89 Å². The van der Waals surface area contributed by atoms with Crippen LogP contribution in [0.15, 0.2) is 10.7 Å². The highest BCUT2D eigenvalue weighted by Crippen LogP contribution is 2.23. The summed E-state index contributed by atoms with van der Waals surface area (Å²) in [6.07, 6.45) is 4.45. The Hall–Kier alpha value is -0.910. The summed E-state index contributed by atoms with van der Waals surface area (Å²) in [5.74, 6) is 0.717. The lowest BCUT2D eigenvalue weighted by molar-refractivity contribution is 0.00255. The van der Waals surface area contributed by atoms with Crippen LogP contribution >= 0.6 is 0 Å². The van der Waals surface area contributed by atoms with Gasteiger partial charge in [-0.05, 0) is 39.9 Å². The van der Waals surface area contributed by atoms with Gasteiger partial charge >= 0.3 is 0 Å². The summed E-state index contributed by atoms with van der Waals surface area (Å²) in [6, 6.07) is 0. The van der Waals surface area contributed by atoms with Crippen LogP contribution in [0.25, 0.3) is 0 Å². The van der Waals surface area contributed by atoms with E-state index in [0.29, 0.717) is 5.89 Å². The Kier molecular flexibility index (Phi) is 4.60. The van der Waals surface area contributed by atoms with Gasteiger partial charge in [-0.15, -0.1) is 0 Å². The van der Waals surface area contributed by atoms with Crippen LogP contribution in [0.4, 0.5) is 0 Å². The molecular weight excluding hydrogens is 242 g/mol. The predicted octanol–water partition coefficient (Wildman–Crippen LogP) is 1.26. The molecule has 1 N–H and O–H groups in total. The smallest absolute Gasteiger partial charge is 0.191 e. The van der Waals surface area contributed by atoms with Gasteiger partial charge in [0.2, 0.25) is 0 Å². The molecule has 1 aromatic heterocycles. The van der Waals surface area contributed by atoms with Gasteiger partial charge in [0.1, 0.15) is 6.26 Å². The number of aryl methyl sites for hydroxylation is 1. The Balaban J connectivity index is 1.89. The molecule has 0 spiro atoms. The lowest BCUT2D eigenvalue weighted by atomic mass is 9.94. The Morgan fingerprint density at radius 2 is 2.21 bits per heavy atom. The van der Waals surface area contributed by atoms with Crippen molar-refractivity contribution in [2.75, 3.05) is 33.7 Å². The van der Waals surface area contributed by atoms with Gasteiger partial charge in [0.25, 0.3) is 0 Å². The maximum absolute atomic E-state index is 10.6. The Bertz CT molecular complexity index is 405. The van der Waals surface area contributed by atoms with Gasteiger partial charge in [-0.25, -0.2) is 4.98 Å². The summed E-state index contributed by atoms with van der Waals surface area (Å²) in [5.41, 5.74) is 0.438. The molecule has 1 aliphatic rings. The van der Waals surface area contributed by atoms with Crippen molar-refractivity contribution in [1.82, 2.24) is 14.8 Å². The average molecular weight is 267 g/mol. The van der Waals surface area contributed by atoms with Crippen LogP contribution in [0.1, 0.15) is 30.8 Å². The van der Waals surface area contributed by atoms with E-state index in [9.17, 15) is 5.11 Å². The zero-order chi connectivity index (χ0) is 13.9. The molecule has 1 saturated heterocycles. The van der Waals surface area contributed by atoms with Crippen molar-refractivity contribution in [3.8, 4) is 0 Å². The molecule has 0 aromatic carbocycles. The number of aliphatic hydroxyl groups is 1. The van der Waals surface area contributed by atoms with Gasteiger partial charge in [0, 0.05) is 26.6 Å². The van der Waals surface area contributed by atoms with Crippen molar-refractivity contribution in [3.05, 3.63) is 17.8 Å². The van der Waals surface area contributed by atoms with Crippen LogP contribution in [-0.2, 0) is 6.54 Å². The molecule has 0 aliphatic carbocycles. The van der Waals surface area contributed by atoms with E-state index in [4.69, 9.17) is 4.42 Å². The Morgan fingerprint density at radius 3 is 2.84 bits per heavy atom. The normalized spacial score (nSPS) is 25.7. The fourth-order valence-corrected chi connectivity index (χ4v) is 2.85. The fraction of sp³-hybridized carbons (Fsp3) is 0.786. The van der Waals surface area contributed by atoms with Crippen molar-refractivity contribution in [3.63, 3.8) is 0 Å². The van der Waals surface area contributed by atoms with Crippen LogP contribution in [-0.4, -0.2) is 59.2 Å². The SMILES string of the molecule is Cc1nc(CN2CCCC(O)(CN(C)C)CC2)co1. The quantitative estimate of drug-likeness (QED) is 0.890. The van der Waals surface area contributed by atoms with Crippen molar-refractivity contribution in [2.24, 2.45) is 0 Å². The van der Waals surface area contributed by atoms with Crippen molar-refractivity contribution < 1.29 is 9.52 Å². The highest BCUT2D eigenvalue weighted by Gasteiger charge is 2.30. The maximum Gasteiger partial charge on any atom is 0.191 e. The van der Waals surface area contributed by atoms with E-state index in [2.05, 4.69) is 14.8 Å². The first kappa shape index (κ1) is 14.5. The topological polar surface area (TPSA) is 52.7 Å². The monoisotopic (exact) mass is 267 g/mol. The maximum atomic E-state index is 10.6. The summed E-state index contributed by atoms with van der Waals surface area (Å²) in [5, 5.41) is 10.6. The molecule has 2 rings (SSSR count). The number of nitrogens with zero attached hydrogens (tertiary/aromatic N) is 3. The first-order valence-corrected chi connectivity index (χ1v) is 6.97. The molecule has 0 saturated carbocycles. The van der Waals surface area contributed by atoms with E-state index in [1.54, 1.807) is 6.26 Å². The highest BCUT2D eigenvalue weighted by molar-refractivity contribution is 4.96. The first-order valence-electron chi connectivity index (χ1n) is 6.97. The van der Waals surface area contributed by atoms with Crippen LogP contribution in [0, 0.1) is 6.92 Å². The molecule has 108 valence electrons. The van der Waals surface area contributed by atoms with Crippen LogP contribution < -0.4 is 0 Å². The number of rotatable bonds is 4. The third-order valence-electron chi connectivity index (χ3n) is 3.67. The van der Waals surface area contributed by atoms with E-state index in [1.807, 2.05) is 21.0 Å². The summed E-state index contributed by atoms with van der Waals surface area (Å²) < 4.78 is 5.24. The summed E-state index contributed by atoms with van der Waals surface area (Å²) in [4.78, 5) is 8.76. The molecule has 0 radical (unpaired) electrons. The zero-order valence-electron chi connectivity index (χ0n) is 12.2. The highest BCUT2D eigenvalue weighted by atomic mass is 16.3. The number of likely N-dealkylation sites (N-methyl/N-ethyl adjacent to an activating group) is 1. The molecule has 19 heavy (non-hydrogen) atoms. The molecule has 5 nitrogen and oxygen atoms in total. The minimum atomic E-state index is -0.544. The first-order chi connectivity index (χ1) is 8.97. The molecular formula is C14H25N3O2. The van der Waals surface area contributed by atoms with Gasteiger partial charge in [0.05, 0.1) is 11.3 Å². The Morgan fingerprint density at radius 1 is 1.42 bits per heavy atom. The minimum Gasteiger partial charge on any atom is -0.449 e. The molecule has 2 heterocycles. The number of hydrogen-bond donors (Lipinski definition) is 1. The summed E-state index contributed by atoms with van der Waals surface area (Å²) in [6.45, 7) is 5.35. The van der Waals surface area contributed by atoms with E-state index in [1.165, 1.54) is 0 Å². The van der Waals surface area contributed by atoms with E-state index < -0.39 is 5.60 Å². The van der Waals surface area contributed by atoms with Crippen molar-refractivity contribution in [1.29, 1.82) is 0 Å².